The smallest absolute Gasteiger partial charge is 0.347 e. The summed E-state index contributed by atoms with van der Waals surface area (Å²) in [4.78, 5) is 15.2. The topological polar surface area (TPSA) is 78.7 Å². The first-order valence-corrected chi connectivity index (χ1v) is 6.51. The van der Waals surface area contributed by atoms with E-state index in [1.54, 1.807) is 17.9 Å². The van der Waals surface area contributed by atoms with E-state index in [-0.39, 0.29) is 5.69 Å². The number of para-hydroxylation sites is 1. The average Bonchev–Trinajstić information content (AvgIpc) is 2.79. The van der Waals surface area contributed by atoms with E-state index in [0.29, 0.717) is 5.82 Å². The Labute approximate surface area is 121 Å². The first kappa shape index (κ1) is 13.1. The van der Waals surface area contributed by atoms with E-state index in [0.717, 1.165) is 22.5 Å². The van der Waals surface area contributed by atoms with E-state index >= 15 is 0 Å². The van der Waals surface area contributed by atoms with Gasteiger partial charge < -0.3 is 10.3 Å². The molecule has 0 spiro atoms. The molecule has 2 N–H and O–H groups in total. The molecule has 1 aromatic carbocycles. The van der Waals surface area contributed by atoms with Crippen LogP contribution in [0.15, 0.2) is 47.5 Å². The fourth-order valence-corrected chi connectivity index (χ4v) is 2.18. The SMILES string of the molecule is Cc1c(-c2cnc(=O)n(C)c2)nn(-c2ccccc2)c1N. The van der Waals surface area contributed by atoms with Crippen molar-refractivity contribution in [3.63, 3.8) is 0 Å². The molecule has 0 saturated carbocycles. The van der Waals surface area contributed by atoms with Crippen LogP contribution >= 0.6 is 0 Å². The third kappa shape index (κ3) is 2.20. The molecule has 6 heteroatoms. The van der Waals surface area contributed by atoms with Crippen LogP contribution in [0.2, 0.25) is 0 Å². The first-order valence-electron chi connectivity index (χ1n) is 6.51. The fraction of sp³-hybridized carbons (Fsp3) is 0.133. The minimum atomic E-state index is -0.299. The number of aryl methyl sites for hydroxylation is 1. The average molecular weight is 281 g/mol. The van der Waals surface area contributed by atoms with Gasteiger partial charge in [-0.2, -0.15) is 5.10 Å². The summed E-state index contributed by atoms with van der Waals surface area (Å²) >= 11 is 0. The van der Waals surface area contributed by atoms with Gasteiger partial charge in [0.05, 0.1) is 5.69 Å². The molecule has 106 valence electrons. The van der Waals surface area contributed by atoms with Crippen molar-refractivity contribution >= 4 is 5.82 Å². The number of rotatable bonds is 2. The van der Waals surface area contributed by atoms with E-state index < -0.39 is 0 Å². The number of nitrogens with two attached hydrogens (primary N) is 1. The lowest BCUT2D eigenvalue weighted by molar-refractivity contribution is 0.809. The van der Waals surface area contributed by atoms with Gasteiger partial charge in [-0.25, -0.2) is 14.5 Å². The Hall–Kier alpha value is -2.89. The van der Waals surface area contributed by atoms with Gasteiger partial charge in [-0.1, -0.05) is 18.2 Å². The van der Waals surface area contributed by atoms with E-state index in [9.17, 15) is 4.79 Å². The maximum Gasteiger partial charge on any atom is 0.347 e. The molecule has 0 amide bonds. The Morgan fingerprint density at radius 2 is 1.90 bits per heavy atom. The number of anilines is 1. The molecule has 0 aliphatic rings. The molecule has 0 unspecified atom stereocenters. The third-order valence-corrected chi connectivity index (χ3v) is 3.39. The molecule has 0 atom stereocenters. The van der Waals surface area contributed by atoms with Crippen molar-refractivity contribution in [3.8, 4) is 16.9 Å². The summed E-state index contributed by atoms with van der Waals surface area (Å²) in [7, 11) is 1.66. The van der Waals surface area contributed by atoms with Crippen molar-refractivity contribution in [3.05, 3.63) is 58.8 Å². The molecule has 2 aromatic heterocycles. The molecule has 2 heterocycles. The van der Waals surface area contributed by atoms with Crippen molar-refractivity contribution in [2.45, 2.75) is 6.92 Å². The second-order valence-electron chi connectivity index (χ2n) is 4.84. The van der Waals surface area contributed by atoms with E-state index in [1.165, 1.54) is 10.8 Å². The monoisotopic (exact) mass is 281 g/mol. The third-order valence-electron chi connectivity index (χ3n) is 3.39. The Kier molecular flexibility index (Phi) is 3.06. The molecule has 0 aliphatic heterocycles. The van der Waals surface area contributed by atoms with Crippen LogP contribution in [0.5, 0.6) is 0 Å². The molecule has 0 radical (unpaired) electrons. The summed E-state index contributed by atoms with van der Waals surface area (Å²) in [6, 6.07) is 9.67. The lowest BCUT2D eigenvalue weighted by Crippen LogP contribution is -2.18. The Morgan fingerprint density at radius 3 is 2.57 bits per heavy atom. The summed E-state index contributed by atoms with van der Waals surface area (Å²) in [5, 5.41) is 4.56. The van der Waals surface area contributed by atoms with Gasteiger partial charge in [0.1, 0.15) is 11.5 Å². The van der Waals surface area contributed by atoms with Crippen LogP contribution in [0.1, 0.15) is 5.56 Å². The Bertz CT molecular complexity index is 848. The zero-order valence-electron chi connectivity index (χ0n) is 11.8. The predicted molar refractivity (Wildman–Crippen MR) is 81.2 cm³/mol. The van der Waals surface area contributed by atoms with Crippen LogP contribution < -0.4 is 11.4 Å². The molecule has 3 aromatic rings. The van der Waals surface area contributed by atoms with Gasteiger partial charge >= 0.3 is 5.69 Å². The highest BCUT2D eigenvalue weighted by Gasteiger charge is 2.15. The van der Waals surface area contributed by atoms with E-state index in [4.69, 9.17) is 5.73 Å². The molecular formula is C15H15N5O. The van der Waals surface area contributed by atoms with Gasteiger partial charge in [-0.05, 0) is 19.1 Å². The molecule has 21 heavy (non-hydrogen) atoms. The highest BCUT2D eigenvalue weighted by Crippen LogP contribution is 2.27. The lowest BCUT2D eigenvalue weighted by Gasteiger charge is -2.02. The maximum absolute atomic E-state index is 11.4. The van der Waals surface area contributed by atoms with Crippen LogP contribution in [0.3, 0.4) is 0 Å². The standard InChI is InChI=1S/C15H15N5O/c1-10-13(11-8-17-15(21)19(2)9-11)18-20(14(10)16)12-6-4-3-5-7-12/h3-9H,16H2,1-2H3. The number of hydrogen-bond donors (Lipinski definition) is 1. The summed E-state index contributed by atoms with van der Waals surface area (Å²) < 4.78 is 3.11. The van der Waals surface area contributed by atoms with Crippen molar-refractivity contribution in [2.24, 2.45) is 7.05 Å². The molecule has 0 aliphatic carbocycles. The zero-order valence-corrected chi connectivity index (χ0v) is 11.8. The van der Waals surface area contributed by atoms with Gasteiger partial charge in [0.25, 0.3) is 0 Å². The predicted octanol–water partition coefficient (Wildman–Crippen LogP) is 1.52. The van der Waals surface area contributed by atoms with Gasteiger partial charge in [-0.3, -0.25) is 0 Å². The molecule has 0 fully saturated rings. The Balaban J connectivity index is 2.17. The van der Waals surface area contributed by atoms with Crippen molar-refractivity contribution in [1.29, 1.82) is 0 Å². The number of aromatic nitrogens is 4. The molecule has 0 saturated heterocycles. The van der Waals surface area contributed by atoms with Gasteiger partial charge in [0.15, 0.2) is 0 Å². The van der Waals surface area contributed by atoms with Gasteiger partial charge in [-0.15, -0.1) is 0 Å². The van der Waals surface area contributed by atoms with Crippen molar-refractivity contribution < 1.29 is 0 Å². The van der Waals surface area contributed by atoms with E-state index in [1.807, 2.05) is 37.3 Å². The van der Waals surface area contributed by atoms with Gasteiger partial charge in [0.2, 0.25) is 0 Å². The quantitative estimate of drug-likeness (QED) is 0.772. The summed E-state index contributed by atoms with van der Waals surface area (Å²) in [6.45, 7) is 1.90. The minimum Gasteiger partial charge on any atom is -0.383 e. The number of hydrogen-bond acceptors (Lipinski definition) is 4. The normalized spacial score (nSPS) is 10.8. The summed E-state index contributed by atoms with van der Waals surface area (Å²) in [6.07, 6.45) is 3.23. The molecule has 6 nitrogen and oxygen atoms in total. The summed E-state index contributed by atoms with van der Waals surface area (Å²) in [5.74, 6) is 0.574. The second kappa shape index (κ2) is 4.90. The lowest BCUT2D eigenvalue weighted by atomic mass is 10.1. The van der Waals surface area contributed by atoms with Crippen LogP contribution in [-0.2, 0) is 7.05 Å². The highest BCUT2D eigenvalue weighted by atomic mass is 16.1. The molecular weight excluding hydrogens is 266 g/mol. The van der Waals surface area contributed by atoms with Crippen LogP contribution in [0, 0.1) is 6.92 Å². The van der Waals surface area contributed by atoms with Crippen molar-refractivity contribution in [2.75, 3.05) is 5.73 Å². The van der Waals surface area contributed by atoms with Gasteiger partial charge in [0, 0.05) is 30.6 Å². The van der Waals surface area contributed by atoms with Crippen LogP contribution in [-0.4, -0.2) is 19.3 Å². The second-order valence-corrected chi connectivity index (χ2v) is 4.84. The number of benzene rings is 1. The summed E-state index contributed by atoms with van der Waals surface area (Å²) in [5.41, 5.74) is 9.09. The number of nitrogen functional groups attached to an aromatic ring is 1. The highest BCUT2D eigenvalue weighted by molar-refractivity contribution is 5.68. The first-order chi connectivity index (χ1) is 10.1. The maximum atomic E-state index is 11.4. The zero-order chi connectivity index (χ0) is 15.0. The van der Waals surface area contributed by atoms with Crippen LogP contribution in [0.4, 0.5) is 5.82 Å². The van der Waals surface area contributed by atoms with Crippen LogP contribution in [0.25, 0.3) is 16.9 Å². The van der Waals surface area contributed by atoms with E-state index in [2.05, 4.69) is 10.1 Å². The van der Waals surface area contributed by atoms with Crippen molar-refractivity contribution in [1.82, 2.24) is 19.3 Å². The molecule has 3 rings (SSSR count). The molecule has 0 bridgehead atoms. The number of nitrogens with zero attached hydrogens (tertiary/aromatic N) is 4. The fourth-order valence-electron chi connectivity index (χ4n) is 2.18. The Morgan fingerprint density at radius 1 is 1.19 bits per heavy atom. The largest absolute Gasteiger partial charge is 0.383 e. The minimum absolute atomic E-state index is 0.299.